The molecule has 0 aromatic heterocycles. The molecule has 30 heavy (non-hydrogen) atoms. The highest BCUT2D eigenvalue weighted by Gasteiger charge is 2.30. The number of hydrogen-bond acceptors (Lipinski definition) is 1. The maximum absolute atomic E-state index is 6.35. The van der Waals surface area contributed by atoms with Crippen molar-refractivity contribution in [2.75, 3.05) is 0 Å². The summed E-state index contributed by atoms with van der Waals surface area (Å²) in [5.74, 6) is 0. The maximum atomic E-state index is 6.35. The first-order valence-corrected chi connectivity index (χ1v) is 17.4. The number of rotatable bonds is 21. The third-order valence-corrected chi connectivity index (χ3v) is 9.70. The molecule has 180 valence electrons. The van der Waals surface area contributed by atoms with Crippen molar-refractivity contribution in [1.29, 1.82) is 0 Å². The van der Waals surface area contributed by atoms with Gasteiger partial charge in [-0.05, 0) is 32.0 Å². The molecule has 1 aliphatic heterocycles. The average Bonchev–Trinajstić information content (AvgIpc) is 2.71. The van der Waals surface area contributed by atoms with E-state index in [2.05, 4.69) is 20.0 Å². The van der Waals surface area contributed by atoms with Crippen molar-refractivity contribution in [2.24, 2.45) is 0 Å². The van der Waals surface area contributed by atoms with Gasteiger partial charge in [-0.25, -0.2) is 0 Å². The minimum Gasteiger partial charge on any atom is -0.414 e. The quantitative estimate of drug-likeness (QED) is 0.128. The lowest BCUT2D eigenvalue weighted by molar-refractivity contribution is 0.148. The zero-order valence-electron chi connectivity index (χ0n) is 21.5. The first kappa shape index (κ1) is 28.2. The molecule has 1 rings (SSSR count). The zero-order valence-corrected chi connectivity index (χ0v) is 22.5. The summed E-state index contributed by atoms with van der Waals surface area (Å²) in [7, 11) is -1.27. The SMILES string of the molecule is CCCCCCCCCCCCCCCCCCCCCCC1CCC[Si](C)(C)O1. The Morgan fingerprint density at radius 2 is 0.933 bits per heavy atom. The van der Waals surface area contributed by atoms with Crippen LogP contribution in [-0.2, 0) is 4.43 Å². The van der Waals surface area contributed by atoms with Crippen LogP contribution in [0.2, 0.25) is 19.1 Å². The van der Waals surface area contributed by atoms with E-state index in [1.807, 2.05) is 0 Å². The lowest BCUT2D eigenvalue weighted by atomic mass is 10.0. The summed E-state index contributed by atoms with van der Waals surface area (Å²) in [5.41, 5.74) is 0. The van der Waals surface area contributed by atoms with E-state index in [1.165, 1.54) is 154 Å². The monoisotopic (exact) mass is 438 g/mol. The molecule has 0 N–H and O–H groups in total. The van der Waals surface area contributed by atoms with E-state index in [4.69, 9.17) is 4.43 Å². The number of unbranched alkanes of at least 4 members (excludes halogenated alkanes) is 19. The van der Waals surface area contributed by atoms with E-state index >= 15 is 0 Å². The Bertz CT molecular complexity index is 355. The van der Waals surface area contributed by atoms with Gasteiger partial charge >= 0.3 is 0 Å². The molecule has 0 spiro atoms. The Morgan fingerprint density at radius 3 is 1.30 bits per heavy atom. The fourth-order valence-corrected chi connectivity index (χ4v) is 7.47. The minimum atomic E-state index is -1.27. The van der Waals surface area contributed by atoms with Gasteiger partial charge in [-0.1, -0.05) is 142 Å². The molecule has 1 aliphatic rings. The summed E-state index contributed by atoms with van der Waals surface area (Å²) in [4.78, 5) is 0. The van der Waals surface area contributed by atoms with Gasteiger partial charge in [-0.15, -0.1) is 0 Å². The lowest BCUT2D eigenvalue weighted by Gasteiger charge is -2.34. The van der Waals surface area contributed by atoms with Gasteiger partial charge in [0, 0.05) is 6.10 Å². The van der Waals surface area contributed by atoms with Crippen LogP contribution >= 0.6 is 0 Å². The van der Waals surface area contributed by atoms with Crippen molar-refractivity contribution in [3.05, 3.63) is 0 Å². The smallest absolute Gasteiger partial charge is 0.187 e. The molecule has 0 aromatic rings. The lowest BCUT2D eigenvalue weighted by Crippen LogP contribution is -2.39. The Balaban J connectivity index is 1.69. The van der Waals surface area contributed by atoms with Crippen molar-refractivity contribution >= 4 is 8.32 Å². The molecular formula is C28H58OSi. The molecule has 1 heterocycles. The molecule has 0 saturated carbocycles. The predicted molar refractivity (Wildman–Crippen MR) is 139 cm³/mol. The van der Waals surface area contributed by atoms with Gasteiger partial charge in [0.2, 0.25) is 0 Å². The van der Waals surface area contributed by atoms with Crippen LogP contribution in [0.4, 0.5) is 0 Å². The van der Waals surface area contributed by atoms with Gasteiger partial charge < -0.3 is 4.43 Å². The van der Waals surface area contributed by atoms with E-state index in [-0.39, 0.29) is 0 Å². The summed E-state index contributed by atoms with van der Waals surface area (Å²) in [6.45, 7) is 7.10. The van der Waals surface area contributed by atoms with Crippen molar-refractivity contribution in [3.8, 4) is 0 Å². The van der Waals surface area contributed by atoms with E-state index in [0.717, 1.165) is 0 Å². The standard InChI is InChI=1S/C28H58OSi/c1-4-5-6-7-8-9-10-11-12-13-14-15-16-17-18-19-20-21-22-23-25-28-26-24-27-30(2,3)29-28/h28H,4-27H2,1-3H3. The van der Waals surface area contributed by atoms with Gasteiger partial charge in [0.25, 0.3) is 0 Å². The van der Waals surface area contributed by atoms with Gasteiger partial charge in [0.05, 0.1) is 0 Å². The second kappa shape index (κ2) is 19.8. The summed E-state index contributed by atoms with van der Waals surface area (Å²) in [6.07, 6.45) is 34.0. The normalized spacial score (nSPS) is 18.7. The van der Waals surface area contributed by atoms with Crippen molar-refractivity contribution in [1.82, 2.24) is 0 Å². The van der Waals surface area contributed by atoms with E-state index in [9.17, 15) is 0 Å². The van der Waals surface area contributed by atoms with Crippen LogP contribution < -0.4 is 0 Å². The first-order valence-electron chi connectivity index (χ1n) is 14.3. The summed E-state index contributed by atoms with van der Waals surface area (Å²) >= 11 is 0. The summed E-state index contributed by atoms with van der Waals surface area (Å²) in [6, 6.07) is 1.38. The van der Waals surface area contributed by atoms with Crippen LogP contribution in [0.3, 0.4) is 0 Å². The van der Waals surface area contributed by atoms with Crippen LogP contribution in [0.5, 0.6) is 0 Å². The van der Waals surface area contributed by atoms with Crippen LogP contribution in [0, 0.1) is 0 Å². The second-order valence-electron chi connectivity index (χ2n) is 10.9. The largest absolute Gasteiger partial charge is 0.414 e. The topological polar surface area (TPSA) is 9.23 Å². The van der Waals surface area contributed by atoms with E-state index < -0.39 is 8.32 Å². The fraction of sp³-hybridized carbons (Fsp3) is 1.00. The molecule has 1 saturated heterocycles. The highest BCUT2D eigenvalue weighted by Crippen LogP contribution is 2.28. The van der Waals surface area contributed by atoms with Crippen LogP contribution in [0.15, 0.2) is 0 Å². The van der Waals surface area contributed by atoms with E-state index in [0.29, 0.717) is 6.10 Å². The minimum absolute atomic E-state index is 0.607. The van der Waals surface area contributed by atoms with Crippen LogP contribution in [0.25, 0.3) is 0 Å². The molecule has 0 aliphatic carbocycles. The maximum Gasteiger partial charge on any atom is 0.187 e. The predicted octanol–water partition coefficient (Wildman–Crippen LogP) is 10.6. The van der Waals surface area contributed by atoms with E-state index in [1.54, 1.807) is 0 Å². The van der Waals surface area contributed by atoms with Gasteiger partial charge in [0.1, 0.15) is 0 Å². The number of hydrogen-bond donors (Lipinski definition) is 0. The first-order chi connectivity index (χ1) is 14.6. The average molecular weight is 439 g/mol. The van der Waals surface area contributed by atoms with Crippen molar-refractivity contribution < 1.29 is 4.43 Å². The van der Waals surface area contributed by atoms with Crippen molar-refractivity contribution in [2.45, 2.75) is 180 Å². The molecule has 0 amide bonds. The van der Waals surface area contributed by atoms with Gasteiger partial charge in [-0.3, -0.25) is 0 Å². The third kappa shape index (κ3) is 17.8. The molecule has 0 aromatic carbocycles. The Morgan fingerprint density at radius 1 is 0.567 bits per heavy atom. The Kier molecular flexibility index (Phi) is 18.6. The highest BCUT2D eigenvalue weighted by molar-refractivity contribution is 6.71. The van der Waals surface area contributed by atoms with Gasteiger partial charge in [-0.2, -0.15) is 0 Å². The Hall–Kier alpha value is 0.177. The second-order valence-corrected chi connectivity index (χ2v) is 15.2. The molecule has 0 radical (unpaired) electrons. The highest BCUT2D eigenvalue weighted by atomic mass is 28.4. The molecule has 1 unspecified atom stereocenters. The molecule has 1 fully saturated rings. The molecule has 0 bridgehead atoms. The molecule has 1 nitrogen and oxygen atoms in total. The molecule has 1 atom stereocenters. The zero-order chi connectivity index (χ0) is 21.8. The van der Waals surface area contributed by atoms with Gasteiger partial charge in [0.15, 0.2) is 8.32 Å². The van der Waals surface area contributed by atoms with Crippen molar-refractivity contribution in [3.63, 3.8) is 0 Å². The van der Waals surface area contributed by atoms with Crippen LogP contribution in [0.1, 0.15) is 155 Å². The molecule has 2 heteroatoms. The van der Waals surface area contributed by atoms with Crippen LogP contribution in [-0.4, -0.2) is 14.4 Å². The summed E-state index contributed by atoms with van der Waals surface area (Å²) < 4.78 is 6.35. The molecular weight excluding hydrogens is 380 g/mol. The summed E-state index contributed by atoms with van der Waals surface area (Å²) in [5, 5.41) is 0. The Labute approximate surface area is 192 Å². The third-order valence-electron chi connectivity index (χ3n) is 7.17. The fourth-order valence-electron chi connectivity index (χ4n) is 5.15.